The van der Waals surface area contributed by atoms with Crippen LogP contribution in [0.25, 0.3) is 11.4 Å². The van der Waals surface area contributed by atoms with Crippen LogP contribution in [0.2, 0.25) is 0 Å². The molecular weight excluding hydrogens is 344 g/mol. The zero-order chi connectivity index (χ0) is 18.6. The number of rotatable bonds is 5. The normalized spacial score (nSPS) is 13.8. The highest BCUT2D eigenvalue weighted by atomic mass is 16.2. The monoisotopic (exact) mass is 362 g/mol. The predicted molar refractivity (Wildman–Crippen MR) is 99.9 cm³/mol. The molecule has 1 N–H and O–H groups in total. The number of hydrogen-bond acceptors (Lipinski definition) is 5. The van der Waals surface area contributed by atoms with Gasteiger partial charge in [-0.15, -0.1) is 10.2 Å². The van der Waals surface area contributed by atoms with Crippen LogP contribution >= 0.6 is 0 Å². The van der Waals surface area contributed by atoms with Gasteiger partial charge in [-0.2, -0.15) is 4.80 Å². The van der Waals surface area contributed by atoms with E-state index in [9.17, 15) is 9.59 Å². The Morgan fingerprint density at radius 1 is 1.07 bits per heavy atom. The number of aromatic nitrogens is 4. The first-order chi connectivity index (χ1) is 13.2. The van der Waals surface area contributed by atoms with Crippen molar-refractivity contribution in [3.8, 4) is 11.4 Å². The summed E-state index contributed by atoms with van der Waals surface area (Å²) in [4.78, 5) is 27.0. The topological polar surface area (TPSA) is 93.0 Å². The lowest BCUT2D eigenvalue weighted by Gasteiger charge is -2.16. The minimum atomic E-state index is -0.253. The Kier molecular flexibility index (Phi) is 4.61. The smallest absolute Gasteiger partial charge is 0.248 e. The van der Waals surface area contributed by atoms with E-state index in [1.165, 1.54) is 4.80 Å². The molecular formula is C19H18N6O2. The Morgan fingerprint density at radius 2 is 1.85 bits per heavy atom. The van der Waals surface area contributed by atoms with Crippen LogP contribution in [0, 0.1) is 0 Å². The number of tetrazole rings is 1. The van der Waals surface area contributed by atoms with Gasteiger partial charge in [-0.1, -0.05) is 30.3 Å². The number of hydrogen-bond donors (Lipinski definition) is 1. The summed E-state index contributed by atoms with van der Waals surface area (Å²) in [5, 5.41) is 14.9. The highest BCUT2D eigenvalue weighted by Crippen LogP contribution is 2.23. The van der Waals surface area contributed by atoms with Crippen LogP contribution in [0.5, 0.6) is 0 Å². The van der Waals surface area contributed by atoms with Crippen LogP contribution in [0.1, 0.15) is 12.8 Å². The van der Waals surface area contributed by atoms with Crippen molar-refractivity contribution in [2.45, 2.75) is 19.4 Å². The Morgan fingerprint density at radius 3 is 2.56 bits per heavy atom. The van der Waals surface area contributed by atoms with Crippen LogP contribution in [0.3, 0.4) is 0 Å². The number of carbonyl (C=O) groups is 2. The van der Waals surface area contributed by atoms with Crippen LogP contribution < -0.4 is 10.2 Å². The molecule has 2 heterocycles. The van der Waals surface area contributed by atoms with Crippen molar-refractivity contribution in [1.29, 1.82) is 0 Å². The van der Waals surface area contributed by atoms with Crippen molar-refractivity contribution in [1.82, 2.24) is 20.2 Å². The molecule has 136 valence electrons. The van der Waals surface area contributed by atoms with E-state index in [2.05, 4.69) is 20.7 Å². The highest BCUT2D eigenvalue weighted by molar-refractivity contribution is 5.96. The highest BCUT2D eigenvalue weighted by Gasteiger charge is 2.21. The molecule has 0 saturated carbocycles. The van der Waals surface area contributed by atoms with Crippen molar-refractivity contribution in [2.24, 2.45) is 0 Å². The van der Waals surface area contributed by atoms with Crippen molar-refractivity contribution in [2.75, 3.05) is 16.8 Å². The Hall–Kier alpha value is -3.55. The molecule has 1 aromatic heterocycles. The van der Waals surface area contributed by atoms with Gasteiger partial charge in [0.25, 0.3) is 0 Å². The molecule has 1 fully saturated rings. The van der Waals surface area contributed by atoms with Gasteiger partial charge < -0.3 is 10.2 Å². The molecule has 1 saturated heterocycles. The summed E-state index contributed by atoms with van der Waals surface area (Å²) in [6.45, 7) is 0.707. The molecule has 8 nitrogen and oxygen atoms in total. The summed E-state index contributed by atoms with van der Waals surface area (Å²) >= 11 is 0. The number of anilines is 2. The van der Waals surface area contributed by atoms with E-state index in [0.717, 1.165) is 24.2 Å². The van der Waals surface area contributed by atoms with Crippen molar-refractivity contribution in [3.05, 3.63) is 54.6 Å². The molecule has 0 bridgehead atoms. The van der Waals surface area contributed by atoms with Gasteiger partial charge in [0.2, 0.25) is 17.6 Å². The summed E-state index contributed by atoms with van der Waals surface area (Å²) in [7, 11) is 0. The molecule has 2 aromatic carbocycles. The van der Waals surface area contributed by atoms with Gasteiger partial charge in [0, 0.05) is 29.9 Å². The minimum Gasteiger partial charge on any atom is -0.324 e. The van der Waals surface area contributed by atoms with E-state index < -0.39 is 0 Å². The first-order valence-corrected chi connectivity index (χ1v) is 8.72. The summed E-state index contributed by atoms with van der Waals surface area (Å²) in [5.74, 6) is 0.360. The molecule has 0 aliphatic carbocycles. The molecule has 3 aromatic rings. The number of benzene rings is 2. The fourth-order valence-corrected chi connectivity index (χ4v) is 2.99. The van der Waals surface area contributed by atoms with Gasteiger partial charge >= 0.3 is 0 Å². The summed E-state index contributed by atoms with van der Waals surface area (Å²) in [5.41, 5.74) is 2.34. The Labute approximate surface area is 155 Å². The molecule has 0 unspecified atom stereocenters. The minimum absolute atomic E-state index is 0.0355. The average Bonchev–Trinajstić information content (AvgIpc) is 3.32. The molecule has 0 spiro atoms. The van der Waals surface area contributed by atoms with E-state index in [1.54, 1.807) is 17.0 Å². The predicted octanol–water partition coefficient (Wildman–Crippen LogP) is 2.11. The Bertz CT molecular complexity index is 952. The van der Waals surface area contributed by atoms with E-state index in [0.29, 0.717) is 17.9 Å². The second-order valence-corrected chi connectivity index (χ2v) is 6.25. The third-order valence-corrected chi connectivity index (χ3v) is 4.31. The van der Waals surface area contributed by atoms with E-state index in [1.807, 2.05) is 42.5 Å². The van der Waals surface area contributed by atoms with Crippen LogP contribution in [0.4, 0.5) is 11.4 Å². The number of nitrogens with one attached hydrogen (secondary N) is 1. The molecule has 1 aliphatic heterocycles. The Balaban J connectivity index is 1.37. The maximum Gasteiger partial charge on any atom is 0.248 e. The SMILES string of the molecule is O=C(Cn1nnc(-c2ccccc2)n1)Nc1ccc(N2CCCC2=O)cc1. The molecule has 4 rings (SSSR count). The number of amides is 2. The summed E-state index contributed by atoms with van der Waals surface area (Å²) in [6, 6.07) is 16.7. The first-order valence-electron chi connectivity index (χ1n) is 8.72. The fraction of sp³-hybridized carbons (Fsp3) is 0.211. The zero-order valence-corrected chi connectivity index (χ0v) is 14.6. The molecule has 1 aliphatic rings. The quantitative estimate of drug-likeness (QED) is 0.750. The van der Waals surface area contributed by atoms with E-state index in [4.69, 9.17) is 0 Å². The second kappa shape index (κ2) is 7.36. The van der Waals surface area contributed by atoms with Crippen molar-refractivity contribution < 1.29 is 9.59 Å². The van der Waals surface area contributed by atoms with Gasteiger partial charge in [0.15, 0.2) is 0 Å². The van der Waals surface area contributed by atoms with Crippen molar-refractivity contribution in [3.63, 3.8) is 0 Å². The maximum atomic E-state index is 12.2. The molecule has 0 atom stereocenters. The van der Waals surface area contributed by atoms with Crippen LogP contribution in [-0.2, 0) is 16.1 Å². The number of nitrogens with zero attached hydrogens (tertiary/aromatic N) is 5. The van der Waals surface area contributed by atoms with Gasteiger partial charge in [-0.3, -0.25) is 9.59 Å². The third kappa shape index (κ3) is 3.84. The third-order valence-electron chi connectivity index (χ3n) is 4.31. The fourth-order valence-electron chi connectivity index (χ4n) is 2.99. The first kappa shape index (κ1) is 16.9. The summed E-state index contributed by atoms with van der Waals surface area (Å²) in [6.07, 6.45) is 1.47. The molecule has 8 heteroatoms. The summed E-state index contributed by atoms with van der Waals surface area (Å²) < 4.78 is 0. The molecule has 0 radical (unpaired) electrons. The van der Waals surface area contributed by atoms with E-state index in [-0.39, 0.29) is 18.4 Å². The maximum absolute atomic E-state index is 12.2. The van der Waals surface area contributed by atoms with E-state index >= 15 is 0 Å². The second-order valence-electron chi connectivity index (χ2n) is 6.25. The van der Waals surface area contributed by atoms with Gasteiger partial charge in [-0.25, -0.2) is 0 Å². The van der Waals surface area contributed by atoms with Crippen molar-refractivity contribution >= 4 is 23.2 Å². The lowest BCUT2D eigenvalue weighted by atomic mass is 10.2. The van der Waals surface area contributed by atoms with Gasteiger partial charge in [0.05, 0.1) is 0 Å². The largest absolute Gasteiger partial charge is 0.324 e. The van der Waals surface area contributed by atoms with Crippen LogP contribution in [0.15, 0.2) is 54.6 Å². The number of carbonyl (C=O) groups excluding carboxylic acids is 2. The van der Waals surface area contributed by atoms with Gasteiger partial charge in [-0.05, 0) is 35.9 Å². The lowest BCUT2D eigenvalue weighted by Crippen LogP contribution is -2.23. The zero-order valence-electron chi connectivity index (χ0n) is 14.6. The molecule has 2 amide bonds. The van der Waals surface area contributed by atoms with Crippen LogP contribution in [-0.4, -0.2) is 38.6 Å². The molecule has 27 heavy (non-hydrogen) atoms. The average molecular weight is 362 g/mol. The standard InChI is InChI=1S/C19H18N6O2/c26-17(13-25-22-19(21-23-25)14-5-2-1-3-6-14)20-15-8-10-16(11-9-15)24-12-4-7-18(24)27/h1-3,5-6,8-11H,4,7,12-13H2,(H,20,26). The van der Waals surface area contributed by atoms with Gasteiger partial charge in [0.1, 0.15) is 6.54 Å². The lowest BCUT2D eigenvalue weighted by molar-refractivity contribution is -0.117.